The molecule has 18 heavy (non-hydrogen) atoms. The average Bonchev–Trinajstić information content (AvgIpc) is 2.90. The minimum absolute atomic E-state index is 0.0310. The summed E-state index contributed by atoms with van der Waals surface area (Å²) < 4.78 is 0. The van der Waals surface area contributed by atoms with E-state index in [0.29, 0.717) is 16.9 Å². The molecule has 0 radical (unpaired) electrons. The second-order valence-electron chi connectivity index (χ2n) is 5.58. The third-order valence-corrected chi connectivity index (χ3v) is 5.02. The number of halogens is 1. The lowest BCUT2D eigenvalue weighted by molar-refractivity contribution is -0.118. The predicted octanol–water partition coefficient (Wildman–Crippen LogP) is 2.90. The van der Waals surface area contributed by atoms with Gasteiger partial charge in [-0.3, -0.25) is 4.79 Å². The van der Waals surface area contributed by atoms with Crippen molar-refractivity contribution in [3.8, 4) is 0 Å². The van der Waals surface area contributed by atoms with E-state index < -0.39 is 0 Å². The molecule has 1 saturated carbocycles. The van der Waals surface area contributed by atoms with E-state index >= 15 is 0 Å². The van der Waals surface area contributed by atoms with Crippen molar-refractivity contribution in [3.05, 3.63) is 23.2 Å². The van der Waals surface area contributed by atoms with Gasteiger partial charge in [-0.25, -0.2) is 0 Å². The fourth-order valence-electron chi connectivity index (χ4n) is 3.96. The van der Waals surface area contributed by atoms with Crippen LogP contribution in [0.4, 0.5) is 11.4 Å². The Morgan fingerprint density at radius 3 is 3.11 bits per heavy atom. The monoisotopic (exact) mass is 262 g/mol. The minimum atomic E-state index is 0.0310. The van der Waals surface area contributed by atoms with Crippen LogP contribution in [-0.2, 0) is 4.79 Å². The number of rotatable bonds is 0. The summed E-state index contributed by atoms with van der Waals surface area (Å²) >= 11 is 6.18. The number of benzene rings is 1. The third kappa shape index (κ3) is 1.28. The first-order chi connectivity index (χ1) is 8.75. The van der Waals surface area contributed by atoms with Crippen LogP contribution in [-0.4, -0.2) is 18.5 Å². The van der Waals surface area contributed by atoms with Crippen molar-refractivity contribution in [1.29, 1.82) is 0 Å². The molecule has 1 saturated heterocycles. The van der Waals surface area contributed by atoms with Crippen LogP contribution < -0.4 is 10.2 Å². The molecule has 94 valence electrons. The van der Waals surface area contributed by atoms with Crippen LogP contribution >= 0.6 is 11.6 Å². The molecule has 2 heterocycles. The SMILES string of the molecule is O=C1Nc2c(Cl)cccc2N2CC3CCCC3C12. The van der Waals surface area contributed by atoms with Crippen LogP contribution in [0, 0.1) is 11.8 Å². The van der Waals surface area contributed by atoms with E-state index in [1.165, 1.54) is 19.3 Å². The second kappa shape index (κ2) is 3.64. The lowest BCUT2D eigenvalue weighted by Gasteiger charge is -2.35. The summed E-state index contributed by atoms with van der Waals surface area (Å²) in [5, 5.41) is 3.64. The quantitative estimate of drug-likeness (QED) is 0.780. The van der Waals surface area contributed by atoms with E-state index in [-0.39, 0.29) is 11.9 Å². The Hall–Kier alpha value is -1.22. The lowest BCUT2D eigenvalue weighted by atomic mass is 9.92. The number of carbonyl (C=O) groups excluding carboxylic acids is 1. The Morgan fingerprint density at radius 2 is 2.22 bits per heavy atom. The predicted molar refractivity (Wildman–Crippen MR) is 72.0 cm³/mol. The highest BCUT2D eigenvalue weighted by molar-refractivity contribution is 6.35. The molecule has 3 atom stereocenters. The first kappa shape index (κ1) is 10.7. The van der Waals surface area contributed by atoms with Gasteiger partial charge in [0.25, 0.3) is 0 Å². The third-order valence-electron chi connectivity index (χ3n) is 4.71. The number of hydrogen-bond donors (Lipinski definition) is 1. The molecule has 0 bridgehead atoms. The van der Waals surface area contributed by atoms with Crippen LogP contribution in [0.25, 0.3) is 0 Å². The Labute approximate surface area is 111 Å². The van der Waals surface area contributed by atoms with Crippen molar-refractivity contribution in [2.24, 2.45) is 11.8 Å². The van der Waals surface area contributed by atoms with Gasteiger partial charge in [0.1, 0.15) is 6.04 Å². The van der Waals surface area contributed by atoms with Gasteiger partial charge < -0.3 is 10.2 Å². The van der Waals surface area contributed by atoms with Gasteiger partial charge in [-0.2, -0.15) is 0 Å². The number of anilines is 2. The van der Waals surface area contributed by atoms with E-state index in [4.69, 9.17) is 11.6 Å². The van der Waals surface area contributed by atoms with E-state index in [2.05, 4.69) is 16.3 Å². The molecule has 0 spiro atoms. The van der Waals surface area contributed by atoms with Crippen molar-refractivity contribution < 1.29 is 4.79 Å². The molecule has 1 aromatic carbocycles. The first-order valence-corrected chi connectivity index (χ1v) is 6.99. The van der Waals surface area contributed by atoms with Gasteiger partial charge in [0.05, 0.1) is 16.4 Å². The van der Waals surface area contributed by atoms with Gasteiger partial charge >= 0.3 is 0 Å². The number of para-hydroxylation sites is 1. The van der Waals surface area contributed by atoms with Crippen LogP contribution in [0.15, 0.2) is 18.2 Å². The fraction of sp³-hybridized carbons (Fsp3) is 0.500. The zero-order chi connectivity index (χ0) is 12.3. The molecule has 4 rings (SSSR count). The number of nitrogens with zero attached hydrogens (tertiary/aromatic N) is 1. The van der Waals surface area contributed by atoms with Gasteiger partial charge in [0.2, 0.25) is 5.91 Å². The second-order valence-corrected chi connectivity index (χ2v) is 5.98. The molecule has 1 amide bonds. The molecule has 1 N–H and O–H groups in total. The van der Waals surface area contributed by atoms with E-state index in [1.54, 1.807) is 0 Å². The van der Waals surface area contributed by atoms with Gasteiger partial charge in [-0.15, -0.1) is 0 Å². The van der Waals surface area contributed by atoms with Crippen molar-refractivity contribution in [1.82, 2.24) is 0 Å². The van der Waals surface area contributed by atoms with Gasteiger partial charge in [0, 0.05) is 6.54 Å². The maximum atomic E-state index is 12.3. The van der Waals surface area contributed by atoms with E-state index in [0.717, 1.165) is 17.9 Å². The summed E-state index contributed by atoms with van der Waals surface area (Å²) in [7, 11) is 0. The standard InChI is InChI=1S/C14H15ClN2O/c15-10-5-2-6-11-12(10)16-14(18)13-9-4-1-3-8(9)7-17(11)13/h2,5-6,8-9,13H,1,3-4,7H2,(H,16,18). The molecule has 2 aliphatic heterocycles. The van der Waals surface area contributed by atoms with E-state index in [9.17, 15) is 4.79 Å². The Morgan fingerprint density at radius 1 is 1.33 bits per heavy atom. The molecule has 3 aliphatic rings. The molecule has 1 aromatic rings. The number of carbonyl (C=O) groups is 1. The smallest absolute Gasteiger partial charge is 0.247 e. The van der Waals surface area contributed by atoms with Crippen molar-refractivity contribution >= 4 is 28.9 Å². The maximum Gasteiger partial charge on any atom is 0.247 e. The first-order valence-electron chi connectivity index (χ1n) is 6.62. The summed E-state index contributed by atoms with van der Waals surface area (Å²) in [6.07, 6.45) is 3.73. The van der Waals surface area contributed by atoms with Crippen LogP contribution in [0.3, 0.4) is 0 Å². The largest absolute Gasteiger partial charge is 0.357 e. The van der Waals surface area contributed by atoms with Gasteiger partial charge in [-0.1, -0.05) is 24.1 Å². The summed E-state index contributed by atoms with van der Waals surface area (Å²) in [4.78, 5) is 14.6. The number of amides is 1. The van der Waals surface area contributed by atoms with Crippen LogP contribution in [0.5, 0.6) is 0 Å². The summed E-state index contributed by atoms with van der Waals surface area (Å²) in [6, 6.07) is 5.89. The summed E-state index contributed by atoms with van der Waals surface area (Å²) in [5.41, 5.74) is 1.89. The van der Waals surface area contributed by atoms with Gasteiger partial charge in [0.15, 0.2) is 0 Å². The van der Waals surface area contributed by atoms with Crippen molar-refractivity contribution in [3.63, 3.8) is 0 Å². The zero-order valence-corrected chi connectivity index (χ0v) is 10.8. The fourth-order valence-corrected chi connectivity index (χ4v) is 4.18. The number of fused-ring (bicyclic) bond motifs is 5. The highest BCUT2D eigenvalue weighted by atomic mass is 35.5. The van der Waals surface area contributed by atoms with E-state index in [1.807, 2.05) is 12.1 Å². The van der Waals surface area contributed by atoms with Crippen molar-refractivity contribution in [2.75, 3.05) is 16.8 Å². The molecular formula is C14H15ClN2O. The van der Waals surface area contributed by atoms with Crippen LogP contribution in [0.2, 0.25) is 5.02 Å². The lowest BCUT2D eigenvalue weighted by Crippen LogP contribution is -2.46. The maximum absolute atomic E-state index is 12.3. The summed E-state index contributed by atoms with van der Waals surface area (Å²) in [5.74, 6) is 1.35. The molecule has 3 nitrogen and oxygen atoms in total. The number of nitrogens with one attached hydrogen (secondary N) is 1. The molecule has 2 fully saturated rings. The number of hydrogen-bond acceptors (Lipinski definition) is 2. The van der Waals surface area contributed by atoms with Crippen molar-refractivity contribution in [2.45, 2.75) is 25.3 Å². The Bertz CT molecular complexity index is 531. The highest BCUT2D eigenvalue weighted by Gasteiger charge is 2.50. The molecule has 0 aromatic heterocycles. The average molecular weight is 263 g/mol. The minimum Gasteiger partial charge on any atom is -0.357 e. The topological polar surface area (TPSA) is 32.3 Å². The molecular weight excluding hydrogens is 248 g/mol. The zero-order valence-electron chi connectivity index (χ0n) is 10.0. The molecule has 3 unspecified atom stereocenters. The Kier molecular flexibility index (Phi) is 2.16. The van der Waals surface area contributed by atoms with Gasteiger partial charge in [-0.05, 0) is 36.8 Å². The van der Waals surface area contributed by atoms with Crippen LogP contribution in [0.1, 0.15) is 19.3 Å². The Balaban J connectivity index is 1.83. The summed E-state index contributed by atoms with van der Waals surface area (Å²) in [6.45, 7) is 1.01. The normalized spacial score (nSPS) is 32.8. The molecule has 1 aliphatic carbocycles. The highest BCUT2D eigenvalue weighted by Crippen LogP contribution is 2.49. The molecule has 4 heteroatoms.